The van der Waals surface area contributed by atoms with Crippen LogP contribution in [0.4, 0.5) is 5.69 Å². The van der Waals surface area contributed by atoms with E-state index in [0.29, 0.717) is 12.2 Å². The Hall–Kier alpha value is -1.89. The highest BCUT2D eigenvalue weighted by molar-refractivity contribution is 5.80. The van der Waals surface area contributed by atoms with Crippen LogP contribution in [0.2, 0.25) is 0 Å². The summed E-state index contributed by atoms with van der Waals surface area (Å²) in [4.78, 5) is 15.0. The first-order valence-electron chi connectivity index (χ1n) is 5.58. The van der Waals surface area contributed by atoms with Crippen molar-refractivity contribution < 1.29 is 9.53 Å². The number of hydrogen-bond donors (Lipinski definition) is 0. The zero-order chi connectivity index (χ0) is 13.1. The summed E-state index contributed by atoms with van der Waals surface area (Å²) < 4.78 is 5.28. The molecule has 0 radical (unpaired) electrons. The zero-order valence-electron chi connectivity index (χ0n) is 10.7. The van der Waals surface area contributed by atoms with Crippen molar-refractivity contribution in [3.8, 4) is 5.75 Å². The van der Waals surface area contributed by atoms with Crippen molar-refractivity contribution in [3.05, 3.63) is 28.7 Å². The molecule has 0 atom stereocenters. The summed E-state index contributed by atoms with van der Waals surface area (Å²) in [5.41, 5.74) is 0.654. The van der Waals surface area contributed by atoms with E-state index in [1.807, 2.05) is 27.7 Å². The van der Waals surface area contributed by atoms with E-state index in [-0.39, 0.29) is 11.7 Å². The van der Waals surface area contributed by atoms with Crippen molar-refractivity contribution in [1.29, 1.82) is 5.39 Å². The Kier molecular flexibility index (Phi) is 3.84. The number of nitrogens with zero attached hydrogens (tertiary/aromatic N) is 2. The molecule has 0 aromatic heterocycles. The van der Waals surface area contributed by atoms with Gasteiger partial charge in [0.2, 0.25) is 11.1 Å². The van der Waals surface area contributed by atoms with E-state index < -0.39 is 5.41 Å². The molecule has 0 N–H and O–H groups in total. The summed E-state index contributed by atoms with van der Waals surface area (Å²) in [5, 5.41) is 8.82. The fourth-order valence-electron chi connectivity index (χ4n) is 1.17. The summed E-state index contributed by atoms with van der Waals surface area (Å²) in [6.07, 6.45) is 0.684. The summed E-state index contributed by atoms with van der Waals surface area (Å²) >= 11 is 0. The van der Waals surface area contributed by atoms with Gasteiger partial charge < -0.3 is 4.74 Å². The first kappa shape index (κ1) is 13.2. The lowest BCUT2D eigenvalue weighted by atomic mass is 9.91. The van der Waals surface area contributed by atoms with Gasteiger partial charge in [-0.05, 0) is 38.8 Å². The van der Waals surface area contributed by atoms with E-state index in [9.17, 15) is 4.79 Å². The third-order valence-electron chi connectivity index (χ3n) is 2.86. The van der Waals surface area contributed by atoms with Gasteiger partial charge in [-0.3, -0.25) is 4.79 Å². The van der Waals surface area contributed by atoms with Gasteiger partial charge in [0.1, 0.15) is 0 Å². The number of esters is 1. The van der Waals surface area contributed by atoms with Crippen molar-refractivity contribution in [2.45, 2.75) is 34.1 Å². The van der Waals surface area contributed by atoms with Gasteiger partial charge in [0, 0.05) is 6.07 Å². The second-order valence-corrected chi connectivity index (χ2v) is 4.70. The van der Waals surface area contributed by atoms with Crippen LogP contribution < -0.4 is 4.74 Å². The standard InChI is InChI=1S/C13H17N2O2/c1-5-13(3,4)12(16)17-11-8-9(2)6-7-10(11)15-14/h6-8H,5H2,1-4H3/q+1. The molecule has 1 aromatic rings. The van der Waals surface area contributed by atoms with Gasteiger partial charge >= 0.3 is 11.7 Å². The van der Waals surface area contributed by atoms with Crippen molar-refractivity contribution >= 4 is 11.7 Å². The van der Waals surface area contributed by atoms with Crippen LogP contribution in [0, 0.1) is 17.7 Å². The molecular formula is C13H17N2O2+. The van der Waals surface area contributed by atoms with E-state index in [4.69, 9.17) is 10.1 Å². The minimum absolute atomic E-state index is 0.260. The fourth-order valence-corrected chi connectivity index (χ4v) is 1.17. The van der Waals surface area contributed by atoms with Gasteiger partial charge in [-0.25, -0.2) is 0 Å². The summed E-state index contributed by atoms with van der Waals surface area (Å²) in [7, 11) is 0. The Balaban J connectivity index is 3.00. The maximum atomic E-state index is 11.9. The second-order valence-electron chi connectivity index (χ2n) is 4.70. The molecule has 4 nitrogen and oxygen atoms in total. The molecule has 0 saturated carbocycles. The van der Waals surface area contributed by atoms with Gasteiger partial charge in [-0.1, -0.05) is 13.0 Å². The molecule has 0 aliphatic heterocycles. The molecule has 0 amide bonds. The minimum Gasteiger partial charge on any atom is -0.417 e. The Morgan fingerprint density at radius 2 is 2.12 bits per heavy atom. The number of benzene rings is 1. The molecule has 17 heavy (non-hydrogen) atoms. The Morgan fingerprint density at radius 1 is 1.47 bits per heavy atom. The van der Waals surface area contributed by atoms with Crippen LogP contribution in [-0.4, -0.2) is 5.97 Å². The van der Waals surface area contributed by atoms with E-state index in [1.165, 1.54) is 0 Å². The number of ether oxygens (including phenoxy) is 1. The average Bonchev–Trinajstić information content (AvgIpc) is 2.29. The number of carbonyl (C=O) groups is 1. The van der Waals surface area contributed by atoms with Crippen LogP contribution >= 0.6 is 0 Å². The van der Waals surface area contributed by atoms with E-state index in [2.05, 4.69) is 4.98 Å². The molecule has 0 unspecified atom stereocenters. The third kappa shape index (κ3) is 3.04. The maximum Gasteiger partial charge on any atom is 0.427 e. The van der Waals surface area contributed by atoms with Crippen LogP contribution in [0.25, 0.3) is 4.98 Å². The molecule has 0 bridgehead atoms. The van der Waals surface area contributed by atoms with Gasteiger partial charge in [0.15, 0.2) is 4.98 Å². The fraction of sp³-hybridized carbons (Fsp3) is 0.462. The lowest BCUT2D eigenvalue weighted by molar-refractivity contribution is -0.144. The lowest BCUT2D eigenvalue weighted by Crippen LogP contribution is -2.28. The van der Waals surface area contributed by atoms with Gasteiger partial charge in [0.25, 0.3) is 0 Å². The SMILES string of the molecule is CCC(C)(C)C(=O)Oc1cc(C)ccc1[N+]#N. The number of aryl methyl sites for hydroxylation is 1. The van der Waals surface area contributed by atoms with Crippen LogP contribution in [0.1, 0.15) is 32.8 Å². The van der Waals surface area contributed by atoms with Crippen LogP contribution in [-0.2, 0) is 4.79 Å². The molecule has 0 heterocycles. The predicted octanol–water partition coefficient (Wildman–Crippen LogP) is 3.82. The molecule has 0 aliphatic rings. The Bertz CT molecular complexity index is 473. The predicted molar refractivity (Wildman–Crippen MR) is 65.6 cm³/mol. The molecule has 4 heteroatoms. The quantitative estimate of drug-likeness (QED) is 0.453. The normalized spacial score (nSPS) is 10.8. The highest BCUT2D eigenvalue weighted by atomic mass is 16.5. The molecule has 0 fully saturated rings. The minimum atomic E-state index is -0.545. The summed E-state index contributed by atoms with van der Waals surface area (Å²) in [6, 6.07) is 5.08. The van der Waals surface area contributed by atoms with Crippen LogP contribution in [0.3, 0.4) is 0 Å². The number of hydrogen-bond acceptors (Lipinski definition) is 3. The third-order valence-corrected chi connectivity index (χ3v) is 2.86. The molecule has 1 aromatic carbocycles. The molecule has 0 spiro atoms. The second kappa shape index (κ2) is 4.96. The highest BCUT2D eigenvalue weighted by Gasteiger charge is 2.30. The number of diazo groups is 1. The lowest BCUT2D eigenvalue weighted by Gasteiger charge is -2.19. The van der Waals surface area contributed by atoms with Gasteiger partial charge in [0.05, 0.1) is 5.41 Å². The van der Waals surface area contributed by atoms with Crippen molar-refractivity contribution in [2.24, 2.45) is 5.41 Å². The summed E-state index contributed by atoms with van der Waals surface area (Å²) in [6.45, 7) is 7.44. The topological polar surface area (TPSA) is 54.5 Å². The van der Waals surface area contributed by atoms with Crippen molar-refractivity contribution in [1.82, 2.24) is 0 Å². The molecule has 0 aliphatic carbocycles. The first-order chi connectivity index (χ1) is 7.90. The number of rotatable bonds is 3. The molecule has 1 rings (SSSR count). The Morgan fingerprint density at radius 3 is 2.65 bits per heavy atom. The van der Waals surface area contributed by atoms with Crippen molar-refractivity contribution in [3.63, 3.8) is 0 Å². The summed E-state index contributed by atoms with van der Waals surface area (Å²) in [5.74, 6) is -0.0328. The van der Waals surface area contributed by atoms with Crippen molar-refractivity contribution in [2.75, 3.05) is 0 Å². The van der Waals surface area contributed by atoms with Crippen LogP contribution in [0.15, 0.2) is 18.2 Å². The largest absolute Gasteiger partial charge is 0.427 e. The number of carbonyl (C=O) groups excluding carboxylic acids is 1. The molecule has 90 valence electrons. The molecule has 0 saturated heterocycles. The zero-order valence-corrected chi connectivity index (χ0v) is 10.7. The monoisotopic (exact) mass is 233 g/mol. The van der Waals surface area contributed by atoms with Gasteiger partial charge in [-0.2, -0.15) is 0 Å². The molecular weight excluding hydrogens is 216 g/mol. The highest BCUT2D eigenvalue weighted by Crippen LogP contribution is 2.31. The average molecular weight is 233 g/mol. The smallest absolute Gasteiger partial charge is 0.417 e. The van der Waals surface area contributed by atoms with Crippen LogP contribution in [0.5, 0.6) is 5.75 Å². The van der Waals surface area contributed by atoms with E-state index in [0.717, 1.165) is 5.56 Å². The van der Waals surface area contributed by atoms with E-state index >= 15 is 0 Å². The Labute approximate surface area is 101 Å². The maximum absolute atomic E-state index is 11.9. The first-order valence-corrected chi connectivity index (χ1v) is 5.58. The van der Waals surface area contributed by atoms with E-state index in [1.54, 1.807) is 18.2 Å². The van der Waals surface area contributed by atoms with Gasteiger partial charge in [-0.15, -0.1) is 0 Å².